The first-order valence-corrected chi connectivity index (χ1v) is 5.46. The maximum absolute atomic E-state index is 11.7. The summed E-state index contributed by atoms with van der Waals surface area (Å²) in [6.07, 6.45) is 0.658. The standard InChI is InChI=1S/C10H18N2O5/c1-6-8(3-4-17-6)12(2)10(16)11-7(5-13)9(14)15/h6-8,13H,3-5H2,1-2H3,(H,11,16)(H,14,15)/t6?,7-,8?/m1/s1. The molecule has 2 unspecified atom stereocenters. The number of carboxylic acid groups (broad SMARTS) is 1. The van der Waals surface area contributed by atoms with Crippen LogP contribution in [0.15, 0.2) is 0 Å². The van der Waals surface area contributed by atoms with Gasteiger partial charge in [-0.2, -0.15) is 0 Å². The molecule has 1 saturated heterocycles. The zero-order chi connectivity index (χ0) is 13.0. The van der Waals surface area contributed by atoms with E-state index in [9.17, 15) is 9.59 Å². The van der Waals surface area contributed by atoms with E-state index in [0.29, 0.717) is 6.61 Å². The van der Waals surface area contributed by atoms with E-state index in [4.69, 9.17) is 14.9 Å². The molecular weight excluding hydrogens is 228 g/mol. The Kier molecular flexibility index (Phi) is 4.71. The van der Waals surface area contributed by atoms with Crippen molar-refractivity contribution in [1.82, 2.24) is 10.2 Å². The van der Waals surface area contributed by atoms with Gasteiger partial charge < -0.3 is 25.2 Å². The number of nitrogens with one attached hydrogen (secondary N) is 1. The second-order valence-electron chi connectivity index (χ2n) is 4.07. The summed E-state index contributed by atoms with van der Waals surface area (Å²) in [4.78, 5) is 23.8. The van der Waals surface area contributed by atoms with Gasteiger partial charge in [-0.15, -0.1) is 0 Å². The predicted octanol–water partition coefficient (Wildman–Crippen LogP) is -0.749. The molecule has 3 N–H and O–H groups in total. The van der Waals surface area contributed by atoms with Gasteiger partial charge in [-0.25, -0.2) is 9.59 Å². The van der Waals surface area contributed by atoms with E-state index in [2.05, 4.69) is 5.32 Å². The summed E-state index contributed by atoms with van der Waals surface area (Å²) in [5, 5.41) is 19.8. The minimum atomic E-state index is -1.28. The van der Waals surface area contributed by atoms with E-state index in [1.807, 2.05) is 6.92 Å². The summed E-state index contributed by atoms with van der Waals surface area (Å²) in [6, 6.07) is -1.86. The second-order valence-corrected chi connectivity index (χ2v) is 4.07. The molecule has 0 aliphatic carbocycles. The van der Waals surface area contributed by atoms with E-state index >= 15 is 0 Å². The van der Waals surface area contributed by atoms with Crippen molar-refractivity contribution in [3.8, 4) is 0 Å². The third-order valence-corrected chi connectivity index (χ3v) is 2.93. The minimum absolute atomic E-state index is 0.0665. The molecule has 1 aliphatic heterocycles. The summed E-state index contributed by atoms with van der Waals surface area (Å²) in [7, 11) is 1.58. The van der Waals surface area contributed by atoms with Gasteiger partial charge in [0.25, 0.3) is 0 Å². The summed E-state index contributed by atoms with van der Waals surface area (Å²) in [6.45, 7) is 1.82. The average molecular weight is 246 g/mol. The lowest BCUT2D eigenvalue weighted by atomic mass is 10.1. The zero-order valence-corrected chi connectivity index (χ0v) is 9.92. The Morgan fingerprint density at radius 3 is 2.65 bits per heavy atom. The molecule has 1 aliphatic rings. The fourth-order valence-corrected chi connectivity index (χ4v) is 1.82. The summed E-state index contributed by atoms with van der Waals surface area (Å²) in [5.41, 5.74) is 0. The highest BCUT2D eigenvalue weighted by atomic mass is 16.5. The zero-order valence-electron chi connectivity index (χ0n) is 9.92. The molecule has 0 aromatic heterocycles. The van der Waals surface area contributed by atoms with Crippen molar-refractivity contribution >= 4 is 12.0 Å². The Hall–Kier alpha value is -1.34. The molecule has 0 bridgehead atoms. The lowest BCUT2D eigenvalue weighted by molar-refractivity contribution is -0.140. The summed E-state index contributed by atoms with van der Waals surface area (Å²) < 4.78 is 5.33. The number of likely N-dealkylation sites (N-methyl/N-ethyl adjacent to an activating group) is 1. The normalized spacial score (nSPS) is 25.4. The van der Waals surface area contributed by atoms with Gasteiger partial charge in [-0.05, 0) is 13.3 Å². The molecule has 7 nitrogen and oxygen atoms in total. The number of hydrogen-bond donors (Lipinski definition) is 3. The van der Waals surface area contributed by atoms with Crippen LogP contribution in [-0.2, 0) is 9.53 Å². The Morgan fingerprint density at radius 2 is 2.24 bits per heavy atom. The second kappa shape index (κ2) is 5.83. The maximum Gasteiger partial charge on any atom is 0.328 e. The first-order valence-electron chi connectivity index (χ1n) is 5.46. The molecule has 3 atom stereocenters. The lowest BCUT2D eigenvalue weighted by Crippen LogP contribution is -2.52. The van der Waals surface area contributed by atoms with Crippen LogP contribution in [0.3, 0.4) is 0 Å². The van der Waals surface area contributed by atoms with Crippen LogP contribution >= 0.6 is 0 Å². The van der Waals surface area contributed by atoms with E-state index < -0.39 is 24.6 Å². The van der Waals surface area contributed by atoms with Crippen molar-refractivity contribution in [3.63, 3.8) is 0 Å². The monoisotopic (exact) mass is 246 g/mol. The van der Waals surface area contributed by atoms with Crippen LogP contribution in [0.1, 0.15) is 13.3 Å². The predicted molar refractivity (Wildman–Crippen MR) is 58.6 cm³/mol. The number of carbonyl (C=O) groups excluding carboxylic acids is 1. The molecule has 0 aromatic rings. The lowest BCUT2D eigenvalue weighted by Gasteiger charge is -2.27. The van der Waals surface area contributed by atoms with Gasteiger partial charge in [0.1, 0.15) is 0 Å². The van der Waals surface area contributed by atoms with Gasteiger partial charge in [-0.1, -0.05) is 0 Å². The van der Waals surface area contributed by atoms with Crippen LogP contribution in [0, 0.1) is 0 Å². The van der Waals surface area contributed by atoms with Gasteiger partial charge in [0.2, 0.25) is 0 Å². The van der Waals surface area contributed by atoms with E-state index in [1.165, 1.54) is 4.90 Å². The molecule has 1 fully saturated rings. The molecule has 0 saturated carbocycles. The Balaban J connectivity index is 2.54. The molecule has 0 aromatic carbocycles. The maximum atomic E-state index is 11.7. The van der Waals surface area contributed by atoms with Gasteiger partial charge in [0, 0.05) is 13.7 Å². The number of nitrogens with zero attached hydrogens (tertiary/aromatic N) is 1. The van der Waals surface area contributed by atoms with Gasteiger partial charge >= 0.3 is 12.0 Å². The molecule has 7 heteroatoms. The Labute approximate surface area is 99.4 Å². The number of urea groups is 1. The molecule has 17 heavy (non-hydrogen) atoms. The first kappa shape index (κ1) is 13.7. The quantitative estimate of drug-likeness (QED) is 0.606. The van der Waals surface area contributed by atoms with Crippen molar-refractivity contribution in [2.75, 3.05) is 20.3 Å². The molecule has 2 amide bonds. The summed E-state index contributed by atoms with van der Waals surface area (Å²) in [5.74, 6) is -1.26. The number of carbonyl (C=O) groups is 2. The molecule has 0 radical (unpaired) electrons. The van der Waals surface area contributed by atoms with Gasteiger partial charge in [0.05, 0.1) is 18.8 Å². The molecular formula is C10H18N2O5. The average Bonchev–Trinajstić information content (AvgIpc) is 2.70. The smallest absolute Gasteiger partial charge is 0.328 e. The number of rotatable bonds is 4. The van der Waals surface area contributed by atoms with E-state index in [0.717, 1.165) is 6.42 Å². The minimum Gasteiger partial charge on any atom is -0.480 e. The van der Waals surface area contributed by atoms with Crippen LogP contribution in [-0.4, -0.2) is 65.6 Å². The number of aliphatic carboxylic acids is 1. The van der Waals surface area contributed by atoms with E-state index in [-0.39, 0.29) is 12.1 Å². The number of hydrogen-bond acceptors (Lipinski definition) is 4. The largest absolute Gasteiger partial charge is 0.480 e. The highest BCUT2D eigenvalue weighted by Gasteiger charge is 2.32. The molecule has 98 valence electrons. The Morgan fingerprint density at radius 1 is 1.59 bits per heavy atom. The number of amides is 2. The molecule has 0 spiro atoms. The third kappa shape index (κ3) is 3.31. The van der Waals surface area contributed by atoms with Crippen LogP contribution in [0.25, 0.3) is 0 Å². The summed E-state index contributed by atoms with van der Waals surface area (Å²) >= 11 is 0. The van der Waals surface area contributed by atoms with Crippen LogP contribution in [0.2, 0.25) is 0 Å². The third-order valence-electron chi connectivity index (χ3n) is 2.93. The highest BCUT2D eigenvalue weighted by Crippen LogP contribution is 2.18. The molecule has 1 rings (SSSR count). The van der Waals surface area contributed by atoms with Crippen LogP contribution < -0.4 is 5.32 Å². The van der Waals surface area contributed by atoms with Crippen molar-refractivity contribution in [1.29, 1.82) is 0 Å². The van der Waals surface area contributed by atoms with Crippen molar-refractivity contribution in [2.45, 2.75) is 31.5 Å². The Bertz CT molecular complexity index is 296. The van der Waals surface area contributed by atoms with Crippen molar-refractivity contribution < 1.29 is 24.5 Å². The van der Waals surface area contributed by atoms with E-state index in [1.54, 1.807) is 7.05 Å². The number of ether oxygens (including phenoxy) is 1. The van der Waals surface area contributed by atoms with Crippen LogP contribution in [0.5, 0.6) is 0 Å². The van der Waals surface area contributed by atoms with Gasteiger partial charge in [0.15, 0.2) is 6.04 Å². The van der Waals surface area contributed by atoms with Crippen molar-refractivity contribution in [2.24, 2.45) is 0 Å². The fraction of sp³-hybridized carbons (Fsp3) is 0.800. The van der Waals surface area contributed by atoms with Gasteiger partial charge in [-0.3, -0.25) is 0 Å². The number of aliphatic hydroxyl groups is 1. The topological polar surface area (TPSA) is 99.1 Å². The number of carboxylic acids is 1. The molecule has 1 heterocycles. The highest BCUT2D eigenvalue weighted by molar-refractivity contribution is 5.82. The number of aliphatic hydroxyl groups excluding tert-OH is 1. The SMILES string of the molecule is CC1OCCC1N(C)C(=O)N[C@H](CO)C(=O)O. The van der Waals surface area contributed by atoms with Crippen molar-refractivity contribution in [3.05, 3.63) is 0 Å². The van der Waals surface area contributed by atoms with Crippen LogP contribution in [0.4, 0.5) is 4.79 Å². The first-order chi connectivity index (χ1) is 7.97. The fourth-order valence-electron chi connectivity index (χ4n) is 1.82.